The van der Waals surface area contributed by atoms with Crippen molar-refractivity contribution >= 4 is 28.9 Å². The second-order valence-electron chi connectivity index (χ2n) is 2.88. The van der Waals surface area contributed by atoms with Crippen LogP contribution < -0.4 is 11.5 Å². The zero-order chi connectivity index (χ0) is 10.9. The lowest BCUT2D eigenvalue weighted by molar-refractivity contribution is 0.0697. The Balaban J connectivity index is 3.50. The first-order valence-corrected chi connectivity index (χ1v) is 4.46. The second-order valence-corrected chi connectivity index (χ2v) is 3.26. The number of anilines is 2. The number of hydrogen-bond donors (Lipinski definition) is 3. The average Bonchev–Trinajstić information content (AvgIpc) is 2.12. The Morgan fingerprint density at radius 3 is 2.57 bits per heavy atom. The van der Waals surface area contributed by atoms with Gasteiger partial charge < -0.3 is 16.6 Å². The van der Waals surface area contributed by atoms with Crippen LogP contribution in [-0.2, 0) is 6.42 Å². The number of benzene rings is 1. The summed E-state index contributed by atoms with van der Waals surface area (Å²) >= 11 is 5.86. The molecule has 1 aromatic rings. The van der Waals surface area contributed by atoms with Crippen molar-refractivity contribution in [2.24, 2.45) is 0 Å². The summed E-state index contributed by atoms with van der Waals surface area (Å²) < 4.78 is 0. The van der Waals surface area contributed by atoms with Crippen molar-refractivity contribution in [1.82, 2.24) is 0 Å². The Morgan fingerprint density at radius 1 is 1.57 bits per heavy atom. The summed E-state index contributed by atoms with van der Waals surface area (Å²) in [4.78, 5) is 10.8. The van der Waals surface area contributed by atoms with Crippen LogP contribution in [0.5, 0.6) is 0 Å². The fourth-order valence-corrected chi connectivity index (χ4v) is 1.62. The van der Waals surface area contributed by atoms with E-state index >= 15 is 0 Å². The van der Waals surface area contributed by atoms with Gasteiger partial charge in [-0.25, -0.2) is 4.79 Å². The van der Waals surface area contributed by atoms with E-state index in [1.165, 1.54) is 6.07 Å². The van der Waals surface area contributed by atoms with Crippen LogP contribution in [0.4, 0.5) is 11.4 Å². The number of hydrogen-bond acceptors (Lipinski definition) is 3. The Hall–Kier alpha value is -1.42. The van der Waals surface area contributed by atoms with Crippen molar-refractivity contribution < 1.29 is 9.90 Å². The van der Waals surface area contributed by atoms with E-state index in [-0.39, 0.29) is 16.3 Å². The lowest BCUT2D eigenvalue weighted by Gasteiger charge is -2.11. The molecule has 4 nitrogen and oxygen atoms in total. The molecule has 1 rings (SSSR count). The highest BCUT2D eigenvalue weighted by molar-refractivity contribution is 6.35. The minimum absolute atomic E-state index is 0.00443. The zero-order valence-electron chi connectivity index (χ0n) is 7.67. The van der Waals surface area contributed by atoms with Gasteiger partial charge in [-0.3, -0.25) is 0 Å². The number of carbonyl (C=O) groups is 1. The smallest absolute Gasteiger partial charge is 0.337 e. The number of carboxylic acid groups (broad SMARTS) is 1. The summed E-state index contributed by atoms with van der Waals surface area (Å²) in [7, 11) is 0. The molecule has 76 valence electrons. The molecule has 0 saturated carbocycles. The van der Waals surface area contributed by atoms with Crippen molar-refractivity contribution in [2.75, 3.05) is 11.5 Å². The first kappa shape index (κ1) is 10.7. The summed E-state index contributed by atoms with van der Waals surface area (Å²) in [5.41, 5.74) is 12.4. The molecule has 0 fully saturated rings. The largest absolute Gasteiger partial charge is 0.478 e. The molecule has 0 atom stereocenters. The third-order valence-electron chi connectivity index (χ3n) is 2.02. The maximum Gasteiger partial charge on any atom is 0.337 e. The van der Waals surface area contributed by atoms with E-state index < -0.39 is 5.97 Å². The Labute approximate surface area is 86.5 Å². The molecular weight excluding hydrogens is 204 g/mol. The van der Waals surface area contributed by atoms with Gasteiger partial charge in [-0.1, -0.05) is 18.5 Å². The predicted molar refractivity (Wildman–Crippen MR) is 56.6 cm³/mol. The molecule has 0 aliphatic heterocycles. The SMILES string of the molecule is CCc1c(N)c(N)cc(C(=O)O)c1Cl. The summed E-state index contributed by atoms with van der Waals surface area (Å²) in [6.45, 7) is 1.84. The predicted octanol–water partition coefficient (Wildman–Crippen LogP) is 1.77. The first-order chi connectivity index (χ1) is 6.49. The fraction of sp³-hybridized carbons (Fsp3) is 0.222. The molecule has 0 radical (unpaired) electrons. The maximum absolute atomic E-state index is 10.8. The second kappa shape index (κ2) is 3.75. The summed E-state index contributed by atoms with van der Waals surface area (Å²) in [5.74, 6) is -1.10. The highest BCUT2D eigenvalue weighted by Gasteiger charge is 2.16. The third-order valence-corrected chi connectivity index (χ3v) is 2.45. The van der Waals surface area contributed by atoms with E-state index in [4.69, 9.17) is 28.2 Å². The van der Waals surface area contributed by atoms with E-state index in [2.05, 4.69) is 0 Å². The van der Waals surface area contributed by atoms with Crippen LogP contribution in [0.25, 0.3) is 0 Å². The lowest BCUT2D eigenvalue weighted by Crippen LogP contribution is -2.06. The van der Waals surface area contributed by atoms with E-state index in [0.29, 0.717) is 17.7 Å². The molecule has 0 heterocycles. The quantitative estimate of drug-likeness (QED) is 0.655. The van der Waals surface area contributed by atoms with E-state index in [1.807, 2.05) is 6.92 Å². The number of carboxylic acids is 1. The van der Waals surface area contributed by atoms with E-state index in [0.717, 1.165) is 0 Å². The van der Waals surface area contributed by atoms with Crippen LogP contribution in [0.3, 0.4) is 0 Å². The Morgan fingerprint density at radius 2 is 2.14 bits per heavy atom. The molecule has 0 aliphatic rings. The van der Waals surface area contributed by atoms with Gasteiger partial charge in [0.1, 0.15) is 0 Å². The highest BCUT2D eigenvalue weighted by Crippen LogP contribution is 2.31. The van der Waals surface area contributed by atoms with Crippen LogP contribution in [0.1, 0.15) is 22.8 Å². The molecule has 0 bridgehead atoms. The molecule has 0 unspecified atom stereocenters. The molecule has 0 saturated heterocycles. The number of aromatic carboxylic acids is 1. The number of rotatable bonds is 2. The van der Waals surface area contributed by atoms with Gasteiger partial charge in [0.2, 0.25) is 0 Å². The van der Waals surface area contributed by atoms with Crippen LogP contribution >= 0.6 is 11.6 Å². The molecule has 0 amide bonds. The van der Waals surface area contributed by atoms with E-state index in [9.17, 15) is 4.79 Å². The van der Waals surface area contributed by atoms with Gasteiger partial charge in [0.25, 0.3) is 0 Å². The summed E-state index contributed by atoms with van der Waals surface area (Å²) in [6, 6.07) is 1.28. The van der Waals surface area contributed by atoms with Crippen molar-refractivity contribution in [3.8, 4) is 0 Å². The molecule has 5 N–H and O–H groups in total. The fourth-order valence-electron chi connectivity index (χ4n) is 1.25. The minimum Gasteiger partial charge on any atom is -0.478 e. The van der Waals surface area contributed by atoms with Crippen molar-refractivity contribution in [2.45, 2.75) is 13.3 Å². The molecule has 5 heteroatoms. The van der Waals surface area contributed by atoms with Crippen molar-refractivity contribution in [3.05, 3.63) is 22.2 Å². The highest BCUT2D eigenvalue weighted by atomic mass is 35.5. The lowest BCUT2D eigenvalue weighted by atomic mass is 10.0. The monoisotopic (exact) mass is 214 g/mol. The molecule has 14 heavy (non-hydrogen) atoms. The van der Waals surface area contributed by atoms with Gasteiger partial charge in [-0.05, 0) is 18.1 Å². The first-order valence-electron chi connectivity index (χ1n) is 4.08. The van der Waals surface area contributed by atoms with Gasteiger partial charge in [0, 0.05) is 0 Å². The van der Waals surface area contributed by atoms with Crippen LogP contribution in [0.2, 0.25) is 5.02 Å². The van der Waals surface area contributed by atoms with E-state index in [1.54, 1.807) is 0 Å². The van der Waals surface area contributed by atoms with Crippen LogP contribution in [0.15, 0.2) is 6.07 Å². The Kier molecular flexibility index (Phi) is 2.86. The normalized spacial score (nSPS) is 10.1. The average molecular weight is 215 g/mol. The van der Waals surface area contributed by atoms with Gasteiger partial charge >= 0.3 is 5.97 Å². The maximum atomic E-state index is 10.8. The summed E-state index contributed by atoms with van der Waals surface area (Å²) in [5, 5.41) is 8.99. The Bertz CT molecular complexity index is 391. The third kappa shape index (κ3) is 1.61. The molecule has 1 aromatic carbocycles. The topological polar surface area (TPSA) is 89.3 Å². The number of halogens is 1. The van der Waals surface area contributed by atoms with Crippen LogP contribution in [0, 0.1) is 0 Å². The number of nitrogens with two attached hydrogens (primary N) is 2. The molecule has 0 spiro atoms. The molecule has 0 aliphatic carbocycles. The molecule has 0 aromatic heterocycles. The van der Waals surface area contributed by atoms with Crippen LogP contribution in [-0.4, -0.2) is 11.1 Å². The zero-order valence-corrected chi connectivity index (χ0v) is 8.43. The molecular formula is C9H11ClN2O2. The number of nitrogen functional groups attached to an aromatic ring is 2. The standard InChI is InChI=1S/C9H11ClN2O2/c1-2-4-7(10)5(9(13)14)3-6(11)8(4)12/h3H,2,11-12H2,1H3,(H,13,14). The minimum atomic E-state index is -1.10. The van der Waals surface area contributed by atoms with Gasteiger partial charge in [-0.15, -0.1) is 0 Å². The van der Waals surface area contributed by atoms with Crippen molar-refractivity contribution in [3.63, 3.8) is 0 Å². The van der Waals surface area contributed by atoms with Gasteiger partial charge in [0.05, 0.1) is 22.0 Å². The van der Waals surface area contributed by atoms with Gasteiger partial charge in [0.15, 0.2) is 0 Å². The van der Waals surface area contributed by atoms with Crippen molar-refractivity contribution in [1.29, 1.82) is 0 Å². The summed E-state index contributed by atoms with van der Waals surface area (Å²) in [6.07, 6.45) is 0.552. The van der Waals surface area contributed by atoms with Gasteiger partial charge in [-0.2, -0.15) is 0 Å².